The van der Waals surface area contributed by atoms with Gasteiger partial charge in [-0.25, -0.2) is 9.18 Å². The van der Waals surface area contributed by atoms with Gasteiger partial charge in [0.1, 0.15) is 23.7 Å². The molecule has 0 aliphatic heterocycles. The standard InChI is InChI=1S/C28H37FN2O7/c1-8-22(35-6)26(38-18(4)32)25(30-5)27(33)31-16(2)28(34)37-17(3)24(19-11-9-10-12-19)21-14-13-20(29)15-23(21)36-7/h8,13-17,19,24H,5,9-12H2,1-4,6-7H3,(H,31,33)/b22-8+,26-25+/t16-,17-,24+/m0/s1. The summed E-state index contributed by atoms with van der Waals surface area (Å²) in [7, 11) is 2.82. The van der Waals surface area contributed by atoms with E-state index < -0.39 is 35.8 Å². The molecule has 0 heterocycles. The third kappa shape index (κ3) is 7.66. The van der Waals surface area contributed by atoms with E-state index >= 15 is 0 Å². The fourth-order valence-corrected chi connectivity index (χ4v) is 4.80. The lowest BCUT2D eigenvalue weighted by Gasteiger charge is -2.31. The van der Waals surface area contributed by atoms with E-state index in [-0.39, 0.29) is 29.1 Å². The zero-order chi connectivity index (χ0) is 28.4. The molecule has 0 unspecified atom stereocenters. The smallest absolute Gasteiger partial charge is 0.328 e. The molecular formula is C28H37FN2O7. The van der Waals surface area contributed by atoms with Crippen molar-refractivity contribution < 1.29 is 37.7 Å². The molecule has 1 aromatic carbocycles. The van der Waals surface area contributed by atoms with E-state index in [0.29, 0.717) is 5.75 Å². The number of rotatable bonds is 12. The van der Waals surface area contributed by atoms with E-state index in [0.717, 1.165) is 31.2 Å². The van der Waals surface area contributed by atoms with E-state index in [9.17, 15) is 18.8 Å². The molecule has 1 fully saturated rings. The largest absolute Gasteiger partial charge is 0.496 e. The van der Waals surface area contributed by atoms with Crippen molar-refractivity contribution in [3.63, 3.8) is 0 Å². The first-order valence-electron chi connectivity index (χ1n) is 12.5. The summed E-state index contributed by atoms with van der Waals surface area (Å²) in [5, 5.41) is 2.52. The van der Waals surface area contributed by atoms with Gasteiger partial charge in [0, 0.05) is 24.5 Å². The van der Waals surface area contributed by atoms with Crippen molar-refractivity contribution in [2.75, 3.05) is 14.2 Å². The predicted octanol–water partition coefficient (Wildman–Crippen LogP) is 4.57. The summed E-state index contributed by atoms with van der Waals surface area (Å²) in [5.74, 6) is -2.33. The average molecular weight is 533 g/mol. The number of nitrogens with one attached hydrogen (secondary N) is 1. The molecule has 9 nitrogen and oxygen atoms in total. The fourth-order valence-electron chi connectivity index (χ4n) is 4.80. The molecule has 208 valence electrons. The van der Waals surface area contributed by atoms with Crippen molar-refractivity contribution >= 4 is 24.6 Å². The number of aliphatic imine (C=N–C) groups is 1. The van der Waals surface area contributed by atoms with Gasteiger partial charge in [0.2, 0.25) is 5.76 Å². The monoisotopic (exact) mass is 532 g/mol. The van der Waals surface area contributed by atoms with Gasteiger partial charge in [-0.3, -0.25) is 14.6 Å². The Kier molecular flexibility index (Phi) is 11.5. The van der Waals surface area contributed by atoms with Crippen LogP contribution in [0.25, 0.3) is 0 Å². The topological polar surface area (TPSA) is 113 Å². The van der Waals surface area contributed by atoms with Crippen molar-refractivity contribution in [3.05, 3.63) is 52.9 Å². The highest BCUT2D eigenvalue weighted by molar-refractivity contribution is 5.97. The van der Waals surface area contributed by atoms with Gasteiger partial charge in [-0.2, -0.15) is 0 Å². The molecule has 3 atom stereocenters. The van der Waals surface area contributed by atoms with E-state index in [1.807, 2.05) is 0 Å². The Balaban J connectivity index is 2.26. The molecule has 1 aromatic rings. The minimum Gasteiger partial charge on any atom is -0.496 e. The van der Waals surface area contributed by atoms with Crippen molar-refractivity contribution in [1.82, 2.24) is 5.32 Å². The number of nitrogens with zero attached hydrogens (tertiary/aromatic N) is 1. The molecule has 38 heavy (non-hydrogen) atoms. The Bertz CT molecular complexity index is 1090. The van der Waals surface area contributed by atoms with Crippen LogP contribution in [0.4, 0.5) is 4.39 Å². The van der Waals surface area contributed by atoms with Gasteiger partial charge >= 0.3 is 11.9 Å². The van der Waals surface area contributed by atoms with Gasteiger partial charge in [-0.15, -0.1) is 0 Å². The Labute approximate surface area is 223 Å². The van der Waals surface area contributed by atoms with Gasteiger partial charge < -0.3 is 24.3 Å². The second kappa shape index (κ2) is 14.3. The van der Waals surface area contributed by atoms with Crippen molar-refractivity contribution in [1.29, 1.82) is 0 Å². The Hall–Kier alpha value is -3.69. The number of hydrogen-bond donors (Lipinski definition) is 1. The molecule has 1 aliphatic carbocycles. The maximum atomic E-state index is 13.9. The predicted molar refractivity (Wildman–Crippen MR) is 140 cm³/mol. The lowest BCUT2D eigenvalue weighted by Crippen LogP contribution is -2.42. The lowest BCUT2D eigenvalue weighted by molar-refractivity contribution is -0.153. The van der Waals surface area contributed by atoms with Crippen molar-refractivity contribution in [3.8, 4) is 5.75 Å². The lowest BCUT2D eigenvalue weighted by atomic mass is 9.80. The number of hydrogen-bond acceptors (Lipinski definition) is 8. The van der Waals surface area contributed by atoms with Crippen LogP contribution in [0.15, 0.2) is 46.5 Å². The number of carbonyl (C=O) groups is 3. The first-order chi connectivity index (χ1) is 18.1. The SMILES string of the molecule is C=N/C(C(=O)N[C@@H](C)C(=O)O[C@@H](C)[C@@H](c1ccc(F)cc1OC)C1CCCC1)=C(OC(C)=O)\C(=C/C)OC. The van der Waals surface area contributed by atoms with Crippen LogP contribution in [0, 0.1) is 11.7 Å². The van der Waals surface area contributed by atoms with Gasteiger partial charge in [0.25, 0.3) is 5.91 Å². The van der Waals surface area contributed by atoms with Crippen LogP contribution >= 0.6 is 0 Å². The molecule has 0 saturated heterocycles. The highest BCUT2D eigenvalue weighted by atomic mass is 19.1. The van der Waals surface area contributed by atoms with Crippen LogP contribution in [0.1, 0.15) is 64.9 Å². The number of halogens is 1. The first kappa shape index (κ1) is 30.5. The number of esters is 2. The van der Waals surface area contributed by atoms with Crippen molar-refractivity contribution in [2.45, 2.75) is 71.4 Å². The molecule has 1 aliphatic rings. The van der Waals surface area contributed by atoms with E-state index in [1.165, 1.54) is 46.3 Å². The first-order valence-corrected chi connectivity index (χ1v) is 12.5. The minimum atomic E-state index is -1.07. The number of amides is 1. The van der Waals surface area contributed by atoms with Gasteiger partial charge in [0.15, 0.2) is 11.5 Å². The summed E-state index contributed by atoms with van der Waals surface area (Å²) in [6.45, 7) is 9.43. The molecular weight excluding hydrogens is 495 g/mol. The molecule has 0 radical (unpaired) electrons. The normalized spacial score (nSPS) is 17.0. The van der Waals surface area contributed by atoms with Gasteiger partial charge in [-0.05, 0) is 58.4 Å². The summed E-state index contributed by atoms with van der Waals surface area (Å²) in [6.07, 6.45) is 4.91. The molecule has 10 heteroatoms. The second-order valence-corrected chi connectivity index (χ2v) is 9.08. The van der Waals surface area contributed by atoms with Crippen LogP contribution in [-0.2, 0) is 28.6 Å². The van der Waals surface area contributed by atoms with E-state index in [4.69, 9.17) is 18.9 Å². The molecule has 0 aromatic heterocycles. The van der Waals surface area contributed by atoms with Crippen LogP contribution < -0.4 is 10.1 Å². The average Bonchev–Trinajstić information content (AvgIpc) is 3.40. The summed E-state index contributed by atoms with van der Waals surface area (Å²) < 4.78 is 35.4. The molecule has 1 saturated carbocycles. The third-order valence-electron chi connectivity index (χ3n) is 6.51. The summed E-state index contributed by atoms with van der Waals surface area (Å²) in [4.78, 5) is 41.3. The second-order valence-electron chi connectivity index (χ2n) is 9.08. The van der Waals surface area contributed by atoms with Gasteiger partial charge in [-0.1, -0.05) is 18.9 Å². The number of ether oxygens (including phenoxy) is 4. The summed E-state index contributed by atoms with van der Waals surface area (Å²) in [5.41, 5.74) is 0.436. The highest BCUT2D eigenvalue weighted by Gasteiger charge is 2.36. The fraction of sp³-hybridized carbons (Fsp3) is 0.500. The van der Waals surface area contributed by atoms with E-state index in [1.54, 1.807) is 19.9 Å². The molecule has 1 amide bonds. The Morgan fingerprint density at radius 1 is 1.18 bits per heavy atom. The van der Waals surface area contributed by atoms with Crippen LogP contribution in [0.3, 0.4) is 0 Å². The maximum absolute atomic E-state index is 13.9. The minimum absolute atomic E-state index is 0.0919. The highest BCUT2D eigenvalue weighted by Crippen LogP contribution is 2.43. The Morgan fingerprint density at radius 3 is 2.37 bits per heavy atom. The third-order valence-corrected chi connectivity index (χ3v) is 6.51. The zero-order valence-corrected chi connectivity index (χ0v) is 22.8. The molecule has 1 N–H and O–H groups in total. The van der Waals surface area contributed by atoms with Crippen molar-refractivity contribution in [2.24, 2.45) is 10.9 Å². The number of allylic oxidation sites excluding steroid dienone is 1. The number of carbonyl (C=O) groups excluding carboxylic acids is 3. The number of methoxy groups -OCH3 is 2. The molecule has 2 rings (SSSR count). The zero-order valence-electron chi connectivity index (χ0n) is 22.8. The van der Waals surface area contributed by atoms with Crippen LogP contribution in [0.5, 0.6) is 5.75 Å². The van der Waals surface area contributed by atoms with E-state index in [2.05, 4.69) is 17.0 Å². The quantitative estimate of drug-likeness (QED) is 0.138. The van der Waals surface area contributed by atoms with Crippen LogP contribution in [0.2, 0.25) is 0 Å². The van der Waals surface area contributed by atoms with Crippen LogP contribution in [-0.4, -0.2) is 50.9 Å². The summed E-state index contributed by atoms with van der Waals surface area (Å²) >= 11 is 0. The van der Waals surface area contributed by atoms with Gasteiger partial charge in [0.05, 0.1) is 14.2 Å². The molecule has 0 bridgehead atoms. The number of benzene rings is 1. The Morgan fingerprint density at radius 2 is 1.84 bits per heavy atom. The molecule has 0 spiro atoms. The summed E-state index contributed by atoms with van der Waals surface area (Å²) in [6, 6.07) is 3.29. The maximum Gasteiger partial charge on any atom is 0.328 e.